The molecular weight excluding hydrogens is 871 g/mol. The molecule has 316 valence electrons. The third-order valence-corrected chi connectivity index (χ3v) is 12.3. The SMILES string of the molecule is Cc1ccc([I-]c2ccc(OCC(=O)OCC(O)COCC(COCC(O)COc3cc4ccccc4c4ccccc34)(COCC3CO3)COCC3CO3)cc2)cc1. The minimum absolute atomic E-state index is 0.00960. The van der Waals surface area contributed by atoms with Crippen molar-refractivity contribution in [1.82, 2.24) is 0 Å². The summed E-state index contributed by atoms with van der Waals surface area (Å²) >= 11 is -0.311. The van der Waals surface area contributed by atoms with E-state index in [2.05, 4.69) is 43.3 Å². The molecule has 13 heteroatoms. The molecule has 5 aromatic carbocycles. The van der Waals surface area contributed by atoms with Gasteiger partial charge in [-0.05, 0) is 22.2 Å². The number of carbonyl (C=O) groups excluding carboxylic acids is 1. The molecule has 2 N–H and O–H groups in total. The molecule has 4 unspecified atom stereocenters. The van der Waals surface area contributed by atoms with Crippen molar-refractivity contribution in [3.8, 4) is 11.5 Å². The second-order valence-electron chi connectivity index (χ2n) is 15.0. The number of aliphatic hydroxyl groups excluding tert-OH is 2. The Balaban J connectivity index is 0.872. The summed E-state index contributed by atoms with van der Waals surface area (Å²) in [4.78, 5) is 12.5. The molecule has 0 aromatic heterocycles. The topological polar surface area (TPSA) is 147 Å². The zero-order chi connectivity index (χ0) is 40.9. The second-order valence-corrected chi connectivity index (χ2v) is 18.1. The van der Waals surface area contributed by atoms with E-state index in [-0.39, 0.29) is 92.9 Å². The number of benzene rings is 5. The van der Waals surface area contributed by atoms with E-state index in [1.807, 2.05) is 66.7 Å². The summed E-state index contributed by atoms with van der Waals surface area (Å²) in [6, 6.07) is 34.5. The molecule has 2 saturated heterocycles. The molecule has 0 radical (unpaired) electrons. The molecule has 7 rings (SSSR count). The Hall–Kier alpha value is -3.90. The van der Waals surface area contributed by atoms with E-state index in [1.165, 1.54) is 12.7 Å². The van der Waals surface area contributed by atoms with Gasteiger partial charge in [0, 0.05) is 5.39 Å². The summed E-state index contributed by atoms with van der Waals surface area (Å²) < 4.78 is 54.5. The van der Waals surface area contributed by atoms with Gasteiger partial charge in [-0.3, -0.25) is 0 Å². The summed E-state index contributed by atoms with van der Waals surface area (Å²) in [6.45, 7) is 4.16. The standard InChI is InChI=1S/C46H52IO12/c1-32-10-12-34(13-11-32)47-35-14-16-38(17-15-35)57-27-45(50)59-22-37(49)20-52-29-46(30-53-23-39-25-55-39,31-54-24-40-26-56-40)28-51-19-36(48)21-58-44-18-33-6-2-3-7-41(33)42-8-4-5-9-43(42)44/h2-18,36-37,39-40,48-49H,19-31H2,1H3/q-1. The van der Waals surface area contributed by atoms with Crippen LogP contribution in [0.25, 0.3) is 21.5 Å². The third-order valence-electron chi connectivity index (χ3n) is 9.66. The first-order valence-electron chi connectivity index (χ1n) is 19.8. The van der Waals surface area contributed by atoms with Crippen LogP contribution in [0.5, 0.6) is 11.5 Å². The fraction of sp³-hybridized carbons (Fsp3) is 0.413. The van der Waals surface area contributed by atoms with Crippen LogP contribution in [0.2, 0.25) is 0 Å². The number of rotatable bonds is 26. The molecule has 12 nitrogen and oxygen atoms in total. The quantitative estimate of drug-likeness (QED) is 0.0362. The van der Waals surface area contributed by atoms with Gasteiger partial charge >= 0.3 is 151 Å². The van der Waals surface area contributed by atoms with Gasteiger partial charge in [0.2, 0.25) is 0 Å². The van der Waals surface area contributed by atoms with Gasteiger partial charge in [-0.1, -0.05) is 48.5 Å². The molecule has 0 bridgehead atoms. The molecule has 4 atom stereocenters. The van der Waals surface area contributed by atoms with Crippen LogP contribution in [-0.2, 0) is 38.0 Å². The Morgan fingerprint density at radius 3 is 1.85 bits per heavy atom. The molecule has 2 fully saturated rings. The Morgan fingerprint density at radius 2 is 1.22 bits per heavy atom. The van der Waals surface area contributed by atoms with Crippen LogP contribution in [0.15, 0.2) is 103 Å². The van der Waals surface area contributed by atoms with E-state index < -0.39 is 23.6 Å². The van der Waals surface area contributed by atoms with Crippen molar-refractivity contribution in [1.29, 1.82) is 0 Å². The number of esters is 1. The Labute approximate surface area is 354 Å². The molecule has 0 spiro atoms. The van der Waals surface area contributed by atoms with Gasteiger partial charge < -0.3 is 33.5 Å². The number of carbonyl (C=O) groups is 1. The number of aryl methyl sites for hydroxylation is 1. The van der Waals surface area contributed by atoms with E-state index in [0.717, 1.165) is 21.5 Å². The first kappa shape index (κ1) is 43.2. The zero-order valence-electron chi connectivity index (χ0n) is 33.2. The number of halogens is 1. The van der Waals surface area contributed by atoms with Crippen molar-refractivity contribution in [2.24, 2.45) is 5.41 Å². The second kappa shape index (κ2) is 21.6. The normalized spacial score (nSPS) is 18.0. The molecule has 2 aliphatic heterocycles. The predicted octanol–water partition coefficient (Wildman–Crippen LogP) is 2.00. The van der Waals surface area contributed by atoms with E-state index in [1.54, 1.807) is 0 Å². The molecule has 0 saturated carbocycles. The molecular formula is C46H52IO12-. The van der Waals surface area contributed by atoms with Crippen molar-refractivity contribution >= 4 is 27.5 Å². The van der Waals surface area contributed by atoms with Crippen LogP contribution in [-0.4, -0.2) is 126 Å². The maximum atomic E-state index is 12.5. The van der Waals surface area contributed by atoms with Gasteiger partial charge in [0.05, 0.1) is 64.9 Å². The van der Waals surface area contributed by atoms with Crippen molar-refractivity contribution in [3.63, 3.8) is 0 Å². The maximum absolute atomic E-state index is 12.5. The van der Waals surface area contributed by atoms with Crippen molar-refractivity contribution in [3.05, 3.63) is 116 Å². The number of hydrogen-bond donors (Lipinski definition) is 2. The summed E-state index contributed by atoms with van der Waals surface area (Å²) in [7, 11) is 0. The van der Waals surface area contributed by atoms with Crippen molar-refractivity contribution < 1.29 is 78.8 Å². The summed E-state index contributed by atoms with van der Waals surface area (Å²) in [5.41, 5.74) is 0.432. The van der Waals surface area contributed by atoms with Crippen LogP contribution < -0.4 is 30.7 Å². The number of aliphatic hydroxyl groups is 2. The van der Waals surface area contributed by atoms with Gasteiger partial charge in [0.25, 0.3) is 0 Å². The van der Waals surface area contributed by atoms with Gasteiger partial charge in [-0.15, -0.1) is 0 Å². The van der Waals surface area contributed by atoms with E-state index in [4.69, 9.17) is 42.6 Å². The van der Waals surface area contributed by atoms with Crippen LogP contribution >= 0.6 is 0 Å². The number of fused-ring (bicyclic) bond motifs is 3. The zero-order valence-corrected chi connectivity index (χ0v) is 35.3. The predicted molar refractivity (Wildman–Crippen MR) is 216 cm³/mol. The van der Waals surface area contributed by atoms with Gasteiger partial charge in [0.1, 0.15) is 30.7 Å². The molecule has 0 amide bonds. The first-order valence-corrected chi connectivity index (χ1v) is 22.0. The van der Waals surface area contributed by atoms with E-state index >= 15 is 0 Å². The molecule has 59 heavy (non-hydrogen) atoms. The summed E-state index contributed by atoms with van der Waals surface area (Å²) in [5, 5.41) is 25.9. The Kier molecular flexibility index (Phi) is 15.8. The van der Waals surface area contributed by atoms with Gasteiger partial charge in [-0.2, -0.15) is 0 Å². The Bertz CT molecular complexity index is 2050. The monoisotopic (exact) mass is 923 g/mol. The molecule has 0 aliphatic carbocycles. The molecule has 5 aromatic rings. The summed E-state index contributed by atoms with van der Waals surface area (Å²) in [6.07, 6.45) is -1.92. The van der Waals surface area contributed by atoms with Crippen LogP contribution in [0.4, 0.5) is 0 Å². The number of ether oxygens (including phenoxy) is 9. The molecule has 2 aliphatic rings. The number of hydrogen-bond acceptors (Lipinski definition) is 12. The summed E-state index contributed by atoms with van der Waals surface area (Å²) in [5.74, 6) is 0.640. The van der Waals surface area contributed by atoms with E-state index in [9.17, 15) is 15.0 Å². The van der Waals surface area contributed by atoms with E-state index in [0.29, 0.717) is 37.9 Å². The number of epoxide rings is 2. The van der Waals surface area contributed by atoms with Gasteiger partial charge in [-0.25, -0.2) is 0 Å². The van der Waals surface area contributed by atoms with Crippen LogP contribution in [0.1, 0.15) is 5.56 Å². The average molecular weight is 924 g/mol. The third kappa shape index (κ3) is 13.8. The fourth-order valence-electron chi connectivity index (χ4n) is 6.33. The van der Waals surface area contributed by atoms with Crippen molar-refractivity contribution in [2.75, 3.05) is 85.9 Å². The average Bonchev–Trinajstić information content (AvgIpc) is 4.20. The van der Waals surface area contributed by atoms with Crippen molar-refractivity contribution in [2.45, 2.75) is 31.3 Å². The molecule has 2 heterocycles. The van der Waals surface area contributed by atoms with Gasteiger partial charge in [0.15, 0.2) is 0 Å². The first-order chi connectivity index (χ1) is 28.8. The Morgan fingerprint density at radius 1 is 0.678 bits per heavy atom. The fourth-order valence-corrected chi connectivity index (χ4v) is 8.48. The minimum atomic E-state index is -1.09. The van der Waals surface area contributed by atoms with Crippen LogP contribution in [0.3, 0.4) is 0 Å². The van der Waals surface area contributed by atoms with Crippen LogP contribution in [0, 0.1) is 19.5 Å².